The van der Waals surface area contributed by atoms with Crippen molar-refractivity contribution in [2.75, 3.05) is 6.26 Å². The first-order chi connectivity index (χ1) is 8.56. The molecule has 2 rings (SSSR count). The van der Waals surface area contributed by atoms with E-state index in [0.29, 0.717) is 5.56 Å². The zero-order chi connectivity index (χ0) is 13.0. The van der Waals surface area contributed by atoms with Crippen LogP contribution in [0.5, 0.6) is 0 Å². The number of nitrogens with zero attached hydrogens (tertiary/aromatic N) is 1. The van der Waals surface area contributed by atoms with Gasteiger partial charge < -0.3 is 0 Å². The highest BCUT2D eigenvalue weighted by atomic mass is 32.2. The zero-order valence-electron chi connectivity index (χ0n) is 9.85. The lowest BCUT2D eigenvalue weighted by Gasteiger charge is -2.16. The lowest BCUT2D eigenvalue weighted by Crippen LogP contribution is -2.12. The van der Waals surface area contributed by atoms with Crippen LogP contribution in [-0.2, 0) is 14.3 Å². The highest BCUT2D eigenvalue weighted by molar-refractivity contribution is 7.86. The molecule has 1 aromatic heterocycles. The topological polar surface area (TPSA) is 56.3 Å². The van der Waals surface area contributed by atoms with Crippen molar-refractivity contribution in [3.05, 3.63) is 66.0 Å². The van der Waals surface area contributed by atoms with Crippen molar-refractivity contribution in [3.8, 4) is 0 Å². The first-order valence-electron chi connectivity index (χ1n) is 5.39. The van der Waals surface area contributed by atoms with Crippen LogP contribution in [0.25, 0.3) is 0 Å². The molecule has 1 aromatic carbocycles. The summed E-state index contributed by atoms with van der Waals surface area (Å²) in [6, 6.07) is 12.7. The molecule has 5 heteroatoms. The largest absolute Gasteiger partial charge is 0.265 e. The smallest absolute Gasteiger partial charge is 0.264 e. The van der Waals surface area contributed by atoms with Gasteiger partial charge in [0.05, 0.1) is 6.26 Å². The Kier molecular flexibility index (Phi) is 3.74. The molecule has 94 valence electrons. The monoisotopic (exact) mass is 263 g/mol. The molecule has 0 fully saturated rings. The number of rotatable bonds is 4. The summed E-state index contributed by atoms with van der Waals surface area (Å²) in [6.45, 7) is 0. The van der Waals surface area contributed by atoms with Crippen molar-refractivity contribution in [1.82, 2.24) is 4.98 Å². The molecule has 0 aliphatic rings. The van der Waals surface area contributed by atoms with E-state index in [2.05, 4.69) is 4.98 Å². The molecule has 0 aliphatic heterocycles. The fraction of sp³-hybridized carbons (Fsp3) is 0.154. The number of pyridine rings is 1. The third-order valence-electron chi connectivity index (χ3n) is 2.36. The Balaban J connectivity index is 2.42. The van der Waals surface area contributed by atoms with Crippen molar-refractivity contribution in [3.63, 3.8) is 0 Å². The van der Waals surface area contributed by atoms with Crippen LogP contribution < -0.4 is 0 Å². The van der Waals surface area contributed by atoms with E-state index in [4.69, 9.17) is 4.18 Å². The van der Waals surface area contributed by atoms with Gasteiger partial charge in [-0.25, -0.2) is 0 Å². The molecule has 0 radical (unpaired) electrons. The van der Waals surface area contributed by atoms with Gasteiger partial charge in [-0.2, -0.15) is 8.42 Å². The second-order valence-corrected chi connectivity index (χ2v) is 5.48. The number of benzene rings is 1. The van der Waals surface area contributed by atoms with Gasteiger partial charge in [0, 0.05) is 18.0 Å². The lowest BCUT2D eigenvalue weighted by molar-refractivity contribution is 0.256. The van der Waals surface area contributed by atoms with Gasteiger partial charge in [0.1, 0.15) is 6.10 Å². The normalized spacial score (nSPS) is 13.2. The van der Waals surface area contributed by atoms with Crippen LogP contribution >= 0.6 is 0 Å². The number of hydrogen-bond acceptors (Lipinski definition) is 4. The lowest BCUT2D eigenvalue weighted by atomic mass is 10.0. The molecule has 0 saturated carbocycles. The van der Waals surface area contributed by atoms with E-state index in [0.717, 1.165) is 11.8 Å². The summed E-state index contributed by atoms with van der Waals surface area (Å²) in [7, 11) is -3.55. The third kappa shape index (κ3) is 3.38. The van der Waals surface area contributed by atoms with Crippen molar-refractivity contribution in [2.45, 2.75) is 6.10 Å². The summed E-state index contributed by atoms with van der Waals surface area (Å²) in [4.78, 5) is 3.99. The highest BCUT2D eigenvalue weighted by Gasteiger charge is 2.19. The Morgan fingerprint density at radius 1 is 1.06 bits per heavy atom. The minimum atomic E-state index is -3.55. The molecule has 1 atom stereocenters. The molecule has 1 unspecified atom stereocenters. The van der Waals surface area contributed by atoms with Gasteiger partial charge in [0.25, 0.3) is 10.1 Å². The van der Waals surface area contributed by atoms with Crippen LogP contribution in [0.15, 0.2) is 54.9 Å². The molecule has 0 amide bonds. The first-order valence-corrected chi connectivity index (χ1v) is 7.21. The predicted molar refractivity (Wildman–Crippen MR) is 68.5 cm³/mol. The van der Waals surface area contributed by atoms with Crippen LogP contribution in [0.1, 0.15) is 17.2 Å². The summed E-state index contributed by atoms with van der Waals surface area (Å²) in [5.74, 6) is 0. The second kappa shape index (κ2) is 5.29. The van der Waals surface area contributed by atoms with Gasteiger partial charge in [-0.05, 0) is 11.6 Å². The molecular weight excluding hydrogens is 250 g/mol. The summed E-state index contributed by atoms with van der Waals surface area (Å²) >= 11 is 0. The predicted octanol–water partition coefficient (Wildman–Crippen LogP) is 2.15. The van der Waals surface area contributed by atoms with Gasteiger partial charge >= 0.3 is 0 Å². The third-order valence-corrected chi connectivity index (χ3v) is 2.90. The summed E-state index contributed by atoms with van der Waals surface area (Å²) < 4.78 is 27.8. The number of aromatic nitrogens is 1. The van der Waals surface area contributed by atoms with E-state index < -0.39 is 16.2 Å². The van der Waals surface area contributed by atoms with Crippen molar-refractivity contribution >= 4 is 10.1 Å². The molecule has 2 aromatic rings. The van der Waals surface area contributed by atoms with Crippen LogP contribution in [0.4, 0.5) is 0 Å². The van der Waals surface area contributed by atoms with Gasteiger partial charge in [-0.3, -0.25) is 9.17 Å². The average Bonchev–Trinajstić information content (AvgIpc) is 2.37. The van der Waals surface area contributed by atoms with E-state index in [9.17, 15) is 8.42 Å². The van der Waals surface area contributed by atoms with Gasteiger partial charge in [-0.15, -0.1) is 0 Å². The van der Waals surface area contributed by atoms with Crippen LogP contribution in [0.2, 0.25) is 0 Å². The molecule has 18 heavy (non-hydrogen) atoms. The quantitative estimate of drug-likeness (QED) is 0.793. The Hall–Kier alpha value is -1.72. The maximum absolute atomic E-state index is 11.3. The molecular formula is C13H13NO3S. The van der Waals surface area contributed by atoms with E-state index in [-0.39, 0.29) is 0 Å². The fourth-order valence-electron chi connectivity index (χ4n) is 1.64. The molecule has 0 bridgehead atoms. The maximum atomic E-state index is 11.3. The minimum Gasteiger partial charge on any atom is -0.264 e. The van der Waals surface area contributed by atoms with E-state index in [1.807, 2.05) is 30.3 Å². The molecule has 0 aliphatic carbocycles. The van der Waals surface area contributed by atoms with E-state index >= 15 is 0 Å². The second-order valence-electron chi connectivity index (χ2n) is 3.88. The van der Waals surface area contributed by atoms with Crippen LogP contribution in [0.3, 0.4) is 0 Å². The first kappa shape index (κ1) is 12.7. The van der Waals surface area contributed by atoms with E-state index in [1.54, 1.807) is 24.5 Å². The summed E-state index contributed by atoms with van der Waals surface area (Å²) in [5, 5.41) is 0. The molecule has 0 spiro atoms. The maximum Gasteiger partial charge on any atom is 0.265 e. The van der Waals surface area contributed by atoms with Crippen LogP contribution in [0, 0.1) is 0 Å². The SMILES string of the molecule is CS(=O)(=O)OC(c1ccccc1)c1cccnc1. The molecule has 0 N–H and O–H groups in total. The Morgan fingerprint density at radius 2 is 1.72 bits per heavy atom. The zero-order valence-corrected chi connectivity index (χ0v) is 10.7. The average molecular weight is 263 g/mol. The summed E-state index contributed by atoms with van der Waals surface area (Å²) in [6.07, 6.45) is 3.61. The molecule has 0 saturated heterocycles. The Labute approximate surface area is 106 Å². The number of hydrogen-bond donors (Lipinski definition) is 0. The Morgan fingerprint density at radius 3 is 2.28 bits per heavy atom. The standard InChI is InChI=1S/C13H13NO3S/c1-18(15,16)17-13(11-6-3-2-4-7-11)12-8-5-9-14-10-12/h2-10,13H,1H3. The van der Waals surface area contributed by atoms with Crippen molar-refractivity contribution in [1.29, 1.82) is 0 Å². The van der Waals surface area contributed by atoms with Crippen molar-refractivity contribution < 1.29 is 12.6 Å². The van der Waals surface area contributed by atoms with Gasteiger partial charge in [0.15, 0.2) is 0 Å². The Bertz CT molecular complexity index is 557. The van der Waals surface area contributed by atoms with Crippen molar-refractivity contribution in [2.24, 2.45) is 0 Å². The minimum absolute atomic E-state index is 0.658. The highest BCUT2D eigenvalue weighted by Crippen LogP contribution is 2.26. The van der Waals surface area contributed by atoms with Gasteiger partial charge in [0.2, 0.25) is 0 Å². The van der Waals surface area contributed by atoms with Gasteiger partial charge in [-0.1, -0.05) is 36.4 Å². The molecule has 4 nitrogen and oxygen atoms in total. The summed E-state index contributed by atoms with van der Waals surface area (Å²) in [5.41, 5.74) is 1.48. The fourth-order valence-corrected chi connectivity index (χ4v) is 2.21. The van der Waals surface area contributed by atoms with E-state index in [1.165, 1.54) is 0 Å². The van der Waals surface area contributed by atoms with Crippen LogP contribution in [-0.4, -0.2) is 19.7 Å². The molecule has 1 heterocycles.